The number of nitrogens with one attached hydrogen (secondary N) is 1. The molecule has 144 valence electrons. The van der Waals surface area contributed by atoms with Crippen molar-refractivity contribution in [1.29, 1.82) is 0 Å². The second-order valence-electron chi connectivity index (χ2n) is 7.05. The molecule has 1 saturated heterocycles. The highest BCUT2D eigenvalue weighted by molar-refractivity contribution is 5.94. The van der Waals surface area contributed by atoms with Crippen LogP contribution in [0.25, 0.3) is 11.2 Å². The number of nitrogens with zero attached hydrogens (tertiary/aromatic N) is 4. The number of fused-ring (bicyclic) bond motifs is 1. The highest BCUT2D eigenvalue weighted by Gasteiger charge is 2.26. The Kier molecular flexibility index (Phi) is 5.06. The predicted octanol–water partition coefficient (Wildman–Crippen LogP) is 3.20. The molecule has 3 aromatic rings. The van der Waals surface area contributed by atoms with Crippen LogP contribution < -0.4 is 15.0 Å². The first-order chi connectivity index (χ1) is 13.6. The van der Waals surface area contributed by atoms with Crippen molar-refractivity contribution in [3.63, 3.8) is 0 Å². The number of methoxy groups -OCH3 is 1. The van der Waals surface area contributed by atoms with Gasteiger partial charge >= 0.3 is 0 Å². The van der Waals surface area contributed by atoms with Crippen molar-refractivity contribution in [3.05, 3.63) is 48.4 Å². The molecule has 0 saturated carbocycles. The topological polar surface area (TPSA) is 80.2 Å². The Morgan fingerprint density at radius 3 is 2.89 bits per heavy atom. The van der Waals surface area contributed by atoms with Gasteiger partial charge in [0, 0.05) is 31.2 Å². The molecule has 28 heavy (non-hydrogen) atoms. The van der Waals surface area contributed by atoms with E-state index in [-0.39, 0.29) is 11.8 Å². The minimum Gasteiger partial charge on any atom is -0.497 e. The molecule has 0 spiro atoms. The number of carbonyl (C=O) groups is 1. The Bertz CT molecular complexity index is 1010. The molecule has 4 rings (SSSR count). The van der Waals surface area contributed by atoms with E-state index < -0.39 is 0 Å². The third-order valence-electron chi connectivity index (χ3n) is 5.16. The van der Waals surface area contributed by atoms with Crippen molar-refractivity contribution in [3.8, 4) is 5.75 Å². The van der Waals surface area contributed by atoms with Gasteiger partial charge < -0.3 is 15.0 Å². The fraction of sp³-hybridized carbons (Fsp3) is 0.333. The van der Waals surface area contributed by atoms with E-state index in [9.17, 15) is 4.79 Å². The molecule has 0 aliphatic carbocycles. The summed E-state index contributed by atoms with van der Waals surface area (Å²) in [6.07, 6.45) is 6.94. The highest BCUT2D eigenvalue weighted by atomic mass is 16.5. The maximum Gasteiger partial charge on any atom is 0.229 e. The van der Waals surface area contributed by atoms with E-state index in [1.807, 2.05) is 37.4 Å². The van der Waals surface area contributed by atoms with Crippen LogP contribution in [-0.4, -0.2) is 41.1 Å². The summed E-state index contributed by atoms with van der Waals surface area (Å²) >= 11 is 0. The predicted molar refractivity (Wildman–Crippen MR) is 109 cm³/mol. The van der Waals surface area contributed by atoms with Gasteiger partial charge in [0.2, 0.25) is 5.91 Å². The molecule has 1 amide bonds. The average molecular weight is 377 g/mol. The maximum atomic E-state index is 12.9. The van der Waals surface area contributed by atoms with Gasteiger partial charge in [-0.05, 0) is 49.6 Å². The molecule has 7 nitrogen and oxygen atoms in total. The summed E-state index contributed by atoms with van der Waals surface area (Å²) < 4.78 is 5.23. The van der Waals surface area contributed by atoms with E-state index in [1.54, 1.807) is 19.5 Å². The zero-order valence-corrected chi connectivity index (χ0v) is 16.1. The number of rotatable bonds is 4. The Morgan fingerprint density at radius 1 is 1.21 bits per heavy atom. The van der Waals surface area contributed by atoms with Crippen LogP contribution in [0.1, 0.15) is 18.4 Å². The number of carbonyl (C=O) groups excluding carboxylic acids is 1. The normalized spacial score (nSPS) is 16.8. The Labute approximate surface area is 163 Å². The average Bonchev–Trinajstić information content (AvgIpc) is 2.74. The van der Waals surface area contributed by atoms with Crippen LogP contribution >= 0.6 is 0 Å². The number of amides is 1. The Morgan fingerprint density at radius 2 is 2.07 bits per heavy atom. The van der Waals surface area contributed by atoms with Crippen molar-refractivity contribution in [2.24, 2.45) is 5.92 Å². The van der Waals surface area contributed by atoms with Gasteiger partial charge in [-0.1, -0.05) is 0 Å². The fourth-order valence-electron chi connectivity index (χ4n) is 3.58. The third kappa shape index (κ3) is 3.74. The highest BCUT2D eigenvalue weighted by Crippen LogP contribution is 2.26. The van der Waals surface area contributed by atoms with E-state index >= 15 is 0 Å². The van der Waals surface area contributed by atoms with Crippen LogP contribution in [0.3, 0.4) is 0 Å². The molecule has 1 aliphatic rings. The molecule has 0 radical (unpaired) electrons. The third-order valence-corrected chi connectivity index (χ3v) is 5.16. The first-order valence-electron chi connectivity index (χ1n) is 9.41. The van der Waals surface area contributed by atoms with E-state index in [0.29, 0.717) is 12.2 Å². The first-order valence-corrected chi connectivity index (χ1v) is 9.41. The van der Waals surface area contributed by atoms with E-state index in [1.165, 1.54) is 0 Å². The van der Waals surface area contributed by atoms with Crippen LogP contribution in [0.2, 0.25) is 0 Å². The number of hydrogen-bond acceptors (Lipinski definition) is 6. The second kappa shape index (κ2) is 7.80. The number of anilines is 2. The monoisotopic (exact) mass is 377 g/mol. The number of aryl methyl sites for hydroxylation is 1. The summed E-state index contributed by atoms with van der Waals surface area (Å²) in [6.45, 7) is 3.53. The maximum absolute atomic E-state index is 12.9. The Hall–Kier alpha value is -3.22. The van der Waals surface area contributed by atoms with Gasteiger partial charge in [0.25, 0.3) is 0 Å². The number of aromatic nitrogens is 3. The summed E-state index contributed by atoms with van der Waals surface area (Å²) in [7, 11) is 1.64. The van der Waals surface area contributed by atoms with Crippen molar-refractivity contribution in [1.82, 2.24) is 15.0 Å². The lowest BCUT2D eigenvalue weighted by molar-refractivity contribution is -0.120. The number of benzene rings is 1. The smallest absolute Gasteiger partial charge is 0.229 e. The number of ether oxygens (including phenoxy) is 1. The molecule has 1 atom stereocenters. The minimum atomic E-state index is -0.0761. The van der Waals surface area contributed by atoms with Crippen LogP contribution in [0.15, 0.2) is 42.9 Å². The van der Waals surface area contributed by atoms with Gasteiger partial charge in [-0.3, -0.25) is 9.78 Å². The summed E-state index contributed by atoms with van der Waals surface area (Å²) in [5.74, 6) is 0.755. The summed E-state index contributed by atoms with van der Waals surface area (Å²) in [6, 6.07) is 7.66. The van der Waals surface area contributed by atoms with Gasteiger partial charge in [0.1, 0.15) is 11.3 Å². The number of pyridine rings is 1. The lowest BCUT2D eigenvalue weighted by atomic mass is 9.96. The van der Waals surface area contributed by atoms with E-state index in [2.05, 4.69) is 25.2 Å². The van der Waals surface area contributed by atoms with Crippen LogP contribution in [0, 0.1) is 12.8 Å². The van der Waals surface area contributed by atoms with Crippen molar-refractivity contribution < 1.29 is 9.53 Å². The van der Waals surface area contributed by atoms with E-state index in [4.69, 9.17) is 4.74 Å². The molecular formula is C21H23N5O2. The Balaban J connectivity index is 1.47. The largest absolute Gasteiger partial charge is 0.497 e. The quantitative estimate of drug-likeness (QED) is 0.752. The van der Waals surface area contributed by atoms with Crippen LogP contribution in [0.5, 0.6) is 5.75 Å². The lowest BCUT2D eigenvalue weighted by Crippen LogP contribution is -2.40. The molecule has 0 bridgehead atoms. The zero-order valence-electron chi connectivity index (χ0n) is 16.1. The molecule has 1 aromatic carbocycles. The molecule has 1 N–H and O–H groups in total. The van der Waals surface area contributed by atoms with Crippen molar-refractivity contribution in [2.75, 3.05) is 30.4 Å². The lowest BCUT2D eigenvalue weighted by Gasteiger charge is -2.33. The molecule has 7 heteroatoms. The summed E-state index contributed by atoms with van der Waals surface area (Å²) in [5, 5.41) is 3.07. The number of hydrogen-bond donors (Lipinski definition) is 1. The molecule has 1 aliphatic heterocycles. The van der Waals surface area contributed by atoms with Gasteiger partial charge in [0.05, 0.1) is 24.9 Å². The number of piperidine rings is 1. The molecular weight excluding hydrogens is 354 g/mol. The zero-order chi connectivity index (χ0) is 19.5. The van der Waals surface area contributed by atoms with Gasteiger partial charge in [-0.25, -0.2) is 9.97 Å². The minimum absolute atomic E-state index is 0.0477. The SMILES string of the molecule is COc1ccc(NC(=O)[C@H]2CCCN(c3cnc4nccnc4c3)C2)c(C)c1. The molecule has 3 heterocycles. The first kappa shape index (κ1) is 18.2. The molecule has 2 aromatic heterocycles. The van der Waals surface area contributed by atoms with Crippen molar-refractivity contribution in [2.45, 2.75) is 19.8 Å². The van der Waals surface area contributed by atoms with Crippen LogP contribution in [0.4, 0.5) is 11.4 Å². The van der Waals surface area contributed by atoms with Gasteiger partial charge in [-0.2, -0.15) is 0 Å². The standard InChI is InChI=1S/C21H23N5O2/c1-14-10-17(28-2)5-6-18(14)25-21(27)15-4-3-9-26(13-15)16-11-19-20(24-12-16)23-8-7-22-19/h5-8,10-12,15H,3-4,9,13H2,1-2H3,(H,25,27)/t15-/m0/s1. The van der Waals surface area contributed by atoms with E-state index in [0.717, 1.165) is 47.6 Å². The van der Waals surface area contributed by atoms with Gasteiger partial charge in [-0.15, -0.1) is 0 Å². The van der Waals surface area contributed by atoms with Crippen LogP contribution in [-0.2, 0) is 4.79 Å². The molecule has 0 unspecified atom stereocenters. The fourth-order valence-corrected chi connectivity index (χ4v) is 3.58. The second-order valence-corrected chi connectivity index (χ2v) is 7.05. The van der Waals surface area contributed by atoms with Crippen molar-refractivity contribution >= 4 is 28.4 Å². The van der Waals surface area contributed by atoms with Gasteiger partial charge in [0.15, 0.2) is 5.65 Å². The summed E-state index contributed by atoms with van der Waals surface area (Å²) in [4.78, 5) is 28.0. The molecule has 1 fully saturated rings. The summed E-state index contributed by atoms with van der Waals surface area (Å²) in [5.41, 5.74) is 4.18.